The average molecular weight is 400 g/mol. The Morgan fingerprint density at radius 3 is 2.21 bits per heavy atom. The number of halogens is 1. The molecular weight excluding hydrogens is 374 g/mol. The van der Waals surface area contributed by atoms with Gasteiger partial charge >= 0.3 is 0 Å². The first-order valence-electron chi connectivity index (χ1n) is 9.02. The standard InChI is InChI=1S/C23H25NO3.ClH/c1-25-22-12-11-18(16-23(22)26-2)13-14-24-17-19-7-6-10-21(15-19)27-20-8-4-3-5-9-20;/h3-12,15-16,24H,13-14,17H2,1-2H3;1H. The van der Waals surface area contributed by atoms with Crippen molar-refractivity contribution in [2.24, 2.45) is 0 Å². The predicted octanol–water partition coefficient (Wildman–Crippen LogP) is 5.25. The highest BCUT2D eigenvalue weighted by molar-refractivity contribution is 5.85. The van der Waals surface area contributed by atoms with Crippen LogP contribution >= 0.6 is 12.4 Å². The lowest BCUT2D eigenvalue weighted by Gasteiger charge is -2.11. The number of ether oxygens (including phenoxy) is 3. The van der Waals surface area contributed by atoms with E-state index in [2.05, 4.69) is 23.5 Å². The van der Waals surface area contributed by atoms with Crippen molar-refractivity contribution in [1.29, 1.82) is 0 Å². The third-order valence-corrected chi connectivity index (χ3v) is 4.24. The lowest BCUT2D eigenvalue weighted by Crippen LogP contribution is -2.16. The molecule has 0 spiro atoms. The van der Waals surface area contributed by atoms with E-state index in [0.717, 1.165) is 42.5 Å². The molecule has 28 heavy (non-hydrogen) atoms. The molecule has 0 atom stereocenters. The zero-order valence-corrected chi connectivity index (χ0v) is 17.0. The summed E-state index contributed by atoms with van der Waals surface area (Å²) in [6, 6.07) is 24.0. The molecule has 0 radical (unpaired) electrons. The Hall–Kier alpha value is -2.69. The van der Waals surface area contributed by atoms with E-state index >= 15 is 0 Å². The van der Waals surface area contributed by atoms with Gasteiger partial charge in [-0.3, -0.25) is 0 Å². The Kier molecular flexibility index (Phi) is 8.66. The van der Waals surface area contributed by atoms with Crippen molar-refractivity contribution in [3.63, 3.8) is 0 Å². The second-order valence-electron chi connectivity index (χ2n) is 6.18. The topological polar surface area (TPSA) is 39.7 Å². The van der Waals surface area contributed by atoms with E-state index in [-0.39, 0.29) is 12.4 Å². The smallest absolute Gasteiger partial charge is 0.160 e. The summed E-state index contributed by atoms with van der Waals surface area (Å²) in [6.45, 7) is 1.67. The van der Waals surface area contributed by atoms with E-state index in [1.54, 1.807) is 14.2 Å². The van der Waals surface area contributed by atoms with Crippen LogP contribution in [0.4, 0.5) is 0 Å². The van der Waals surface area contributed by atoms with Gasteiger partial charge in [0, 0.05) is 6.54 Å². The Labute approximate surface area is 172 Å². The third-order valence-electron chi connectivity index (χ3n) is 4.24. The van der Waals surface area contributed by atoms with Crippen molar-refractivity contribution in [1.82, 2.24) is 5.32 Å². The Bertz CT molecular complexity index is 855. The van der Waals surface area contributed by atoms with Crippen LogP contribution in [0.15, 0.2) is 72.8 Å². The van der Waals surface area contributed by atoms with Gasteiger partial charge in [-0.25, -0.2) is 0 Å². The van der Waals surface area contributed by atoms with Gasteiger partial charge < -0.3 is 19.5 Å². The van der Waals surface area contributed by atoms with Gasteiger partial charge in [-0.2, -0.15) is 0 Å². The molecule has 0 bridgehead atoms. The van der Waals surface area contributed by atoms with Gasteiger partial charge in [-0.1, -0.05) is 36.4 Å². The van der Waals surface area contributed by atoms with Gasteiger partial charge in [0.25, 0.3) is 0 Å². The minimum Gasteiger partial charge on any atom is -0.493 e. The summed E-state index contributed by atoms with van der Waals surface area (Å²) < 4.78 is 16.5. The molecule has 0 aliphatic heterocycles. The molecule has 3 aromatic carbocycles. The molecule has 148 valence electrons. The molecule has 0 heterocycles. The first-order valence-corrected chi connectivity index (χ1v) is 9.02. The van der Waals surface area contributed by atoms with Gasteiger partial charge in [-0.05, 0) is 60.5 Å². The first kappa shape index (κ1) is 21.6. The molecule has 5 heteroatoms. The van der Waals surface area contributed by atoms with Crippen molar-refractivity contribution in [3.8, 4) is 23.0 Å². The largest absolute Gasteiger partial charge is 0.493 e. The molecule has 0 saturated carbocycles. The van der Waals surface area contributed by atoms with Crippen LogP contribution in [0.2, 0.25) is 0 Å². The number of hydrogen-bond acceptors (Lipinski definition) is 4. The Balaban J connectivity index is 0.00000280. The highest BCUT2D eigenvalue weighted by Gasteiger charge is 2.04. The molecule has 0 aliphatic rings. The van der Waals surface area contributed by atoms with Crippen LogP contribution in [0.1, 0.15) is 11.1 Å². The van der Waals surface area contributed by atoms with Crippen LogP contribution in [-0.4, -0.2) is 20.8 Å². The second-order valence-corrected chi connectivity index (χ2v) is 6.18. The maximum absolute atomic E-state index is 5.89. The van der Waals surface area contributed by atoms with Gasteiger partial charge in [-0.15, -0.1) is 12.4 Å². The van der Waals surface area contributed by atoms with Crippen molar-refractivity contribution < 1.29 is 14.2 Å². The fraction of sp³-hybridized carbons (Fsp3) is 0.217. The van der Waals surface area contributed by atoms with Gasteiger partial charge in [0.05, 0.1) is 14.2 Å². The quantitative estimate of drug-likeness (QED) is 0.499. The molecule has 3 rings (SSSR count). The molecular formula is C23H26ClNO3. The predicted molar refractivity (Wildman–Crippen MR) is 115 cm³/mol. The number of rotatable bonds is 9. The highest BCUT2D eigenvalue weighted by atomic mass is 35.5. The van der Waals surface area contributed by atoms with Crippen LogP contribution in [-0.2, 0) is 13.0 Å². The van der Waals surface area contributed by atoms with E-state index < -0.39 is 0 Å². The lowest BCUT2D eigenvalue weighted by atomic mass is 10.1. The van der Waals surface area contributed by atoms with E-state index in [4.69, 9.17) is 14.2 Å². The highest BCUT2D eigenvalue weighted by Crippen LogP contribution is 2.27. The molecule has 3 aromatic rings. The van der Waals surface area contributed by atoms with Crippen molar-refractivity contribution in [2.75, 3.05) is 20.8 Å². The molecule has 0 fully saturated rings. The SMILES string of the molecule is COc1ccc(CCNCc2cccc(Oc3ccccc3)c2)cc1OC.Cl. The van der Waals surface area contributed by atoms with Crippen molar-refractivity contribution >= 4 is 12.4 Å². The first-order chi connectivity index (χ1) is 13.3. The maximum atomic E-state index is 5.89. The summed E-state index contributed by atoms with van der Waals surface area (Å²) >= 11 is 0. The van der Waals surface area contributed by atoms with Crippen molar-refractivity contribution in [3.05, 3.63) is 83.9 Å². The molecule has 0 amide bonds. The van der Waals surface area contributed by atoms with Crippen LogP contribution < -0.4 is 19.5 Å². The fourth-order valence-corrected chi connectivity index (χ4v) is 2.85. The molecule has 0 aliphatic carbocycles. The molecule has 0 unspecified atom stereocenters. The van der Waals surface area contributed by atoms with E-state index in [0.29, 0.717) is 0 Å². The zero-order valence-electron chi connectivity index (χ0n) is 16.2. The van der Waals surface area contributed by atoms with E-state index in [9.17, 15) is 0 Å². The minimum atomic E-state index is 0. The van der Waals surface area contributed by atoms with Gasteiger partial charge in [0.1, 0.15) is 11.5 Å². The average Bonchev–Trinajstić information content (AvgIpc) is 2.72. The summed E-state index contributed by atoms with van der Waals surface area (Å²) in [4.78, 5) is 0. The second kappa shape index (κ2) is 11.2. The molecule has 0 aromatic heterocycles. The summed E-state index contributed by atoms with van der Waals surface area (Å²) in [5.41, 5.74) is 2.40. The monoisotopic (exact) mass is 399 g/mol. The summed E-state index contributed by atoms with van der Waals surface area (Å²) in [6.07, 6.45) is 0.917. The van der Waals surface area contributed by atoms with Crippen LogP contribution in [0.25, 0.3) is 0 Å². The summed E-state index contributed by atoms with van der Waals surface area (Å²) in [7, 11) is 3.30. The van der Waals surface area contributed by atoms with E-state index in [1.807, 2.05) is 54.6 Å². The van der Waals surface area contributed by atoms with Crippen LogP contribution in [0.5, 0.6) is 23.0 Å². The number of hydrogen-bond donors (Lipinski definition) is 1. The summed E-state index contributed by atoms with van der Waals surface area (Å²) in [5, 5.41) is 3.48. The van der Waals surface area contributed by atoms with E-state index in [1.165, 1.54) is 11.1 Å². The number of para-hydroxylation sites is 1. The Morgan fingerprint density at radius 1 is 0.714 bits per heavy atom. The number of nitrogens with one attached hydrogen (secondary N) is 1. The number of benzene rings is 3. The maximum Gasteiger partial charge on any atom is 0.160 e. The summed E-state index contributed by atoms with van der Waals surface area (Å²) in [5.74, 6) is 3.21. The molecule has 1 N–H and O–H groups in total. The number of methoxy groups -OCH3 is 2. The normalized spacial score (nSPS) is 10.1. The minimum absolute atomic E-state index is 0. The van der Waals surface area contributed by atoms with Crippen LogP contribution in [0, 0.1) is 0 Å². The third kappa shape index (κ3) is 6.19. The van der Waals surface area contributed by atoms with Gasteiger partial charge in [0.15, 0.2) is 11.5 Å². The molecule has 0 saturated heterocycles. The fourth-order valence-electron chi connectivity index (χ4n) is 2.85. The lowest BCUT2D eigenvalue weighted by molar-refractivity contribution is 0.354. The van der Waals surface area contributed by atoms with Crippen molar-refractivity contribution in [2.45, 2.75) is 13.0 Å². The zero-order chi connectivity index (χ0) is 18.9. The van der Waals surface area contributed by atoms with Crippen LogP contribution in [0.3, 0.4) is 0 Å². The Morgan fingerprint density at radius 2 is 1.46 bits per heavy atom. The molecule has 4 nitrogen and oxygen atoms in total. The van der Waals surface area contributed by atoms with Gasteiger partial charge in [0.2, 0.25) is 0 Å².